The Morgan fingerprint density at radius 3 is 2.88 bits per heavy atom. The first kappa shape index (κ1) is 25.1. The molecule has 2 bridgehead atoms. The molecule has 7 rings (SSSR count). The highest BCUT2D eigenvalue weighted by atomic mass is 16.5. The lowest BCUT2D eigenvalue weighted by molar-refractivity contribution is -0.00551. The maximum atomic E-state index is 13.9. The zero-order valence-electron chi connectivity index (χ0n) is 22.8. The van der Waals surface area contributed by atoms with Crippen LogP contribution < -0.4 is 10.5 Å². The third kappa shape index (κ3) is 3.95. The van der Waals surface area contributed by atoms with Crippen molar-refractivity contribution >= 4 is 28.0 Å². The zero-order valence-corrected chi connectivity index (χ0v) is 22.8. The summed E-state index contributed by atoms with van der Waals surface area (Å²) in [7, 11) is 3.61. The van der Waals surface area contributed by atoms with Crippen LogP contribution in [0.1, 0.15) is 36.0 Å². The van der Waals surface area contributed by atoms with Gasteiger partial charge in [-0.25, -0.2) is 9.97 Å². The topological polar surface area (TPSA) is 124 Å². The number of carbonyl (C=O) groups is 1. The minimum Gasteiger partial charge on any atom is -0.494 e. The van der Waals surface area contributed by atoms with Gasteiger partial charge in [-0.05, 0) is 61.4 Å². The van der Waals surface area contributed by atoms with Crippen molar-refractivity contribution in [2.75, 3.05) is 20.3 Å². The zero-order chi connectivity index (χ0) is 27.5. The normalized spacial score (nSPS) is 23.8. The molecule has 4 heterocycles. The molecule has 4 aromatic rings. The molecular formula is C30H33N7O3. The van der Waals surface area contributed by atoms with Gasteiger partial charge < -0.3 is 29.2 Å². The number of aromatic nitrogens is 4. The van der Waals surface area contributed by atoms with Crippen molar-refractivity contribution < 1.29 is 14.3 Å². The van der Waals surface area contributed by atoms with E-state index < -0.39 is 0 Å². The number of pyridine rings is 1. The van der Waals surface area contributed by atoms with Gasteiger partial charge in [-0.2, -0.15) is 5.26 Å². The van der Waals surface area contributed by atoms with Gasteiger partial charge in [0.2, 0.25) is 0 Å². The fraction of sp³-hybridized carbons (Fsp3) is 0.467. The Morgan fingerprint density at radius 2 is 2.12 bits per heavy atom. The van der Waals surface area contributed by atoms with Crippen molar-refractivity contribution in [2.45, 2.75) is 50.4 Å². The molecule has 1 aliphatic heterocycles. The number of nitriles is 1. The quantitative estimate of drug-likeness (QED) is 0.340. The standard InChI is InChI=1S/C30H33N7O3/c1-35-26-21(34-29(35)22-12-18-5-3-9-33-28(18)36(22)15-17-6-7-17)11-19(13-23(26)39-2)30(38)37-16-20-14-24(27(37)25(20)32)40-10-4-8-31/h3,5,9,11-13,17,20,24-25,27H,4,6-7,10,14-16,32H2,1-2H3/t20-,24+,25?,27?/m1/s1. The van der Waals surface area contributed by atoms with Gasteiger partial charge in [0.25, 0.3) is 5.91 Å². The van der Waals surface area contributed by atoms with Crippen LogP contribution in [0.2, 0.25) is 0 Å². The molecule has 206 valence electrons. The molecule has 4 atom stereocenters. The van der Waals surface area contributed by atoms with E-state index in [2.05, 4.69) is 27.8 Å². The van der Waals surface area contributed by atoms with Gasteiger partial charge in [0.1, 0.15) is 16.9 Å². The summed E-state index contributed by atoms with van der Waals surface area (Å²) in [6.45, 7) is 1.86. The monoisotopic (exact) mass is 539 g/mol. The van der Waals surface area contributed by atoms with Crippen LogP contribution in [0.15, 0.2) is 36.5 Å². The number of aryl methyl sites for hydroxylation is 1. The molecule has 1 saturated heterocycles. The summed E-state index contributed by atoms with van der Waals surface area (Å²) in [5, 5.41) is 9.98. The van der Waals surface area contributed by atoms with Crippen molar-refractivity contribution in [3.63, 3.8) is 0 Å². The summed E-state index contributed by atoms with van der Waals surface area (Å²) < 4.78 is 16.1. The highest BCUT2D eigenvalue weighted by Crippen LogP contribution is 2.41. The van der Waals surface area contributed by atoms with Crippen molar-refractivity contribution in [2.24, 2.45) is 24.6 Å². The summed E-state index contributed by atoms with van der Waals surface area (Å²) in [4.78, 5) is 25.5. The van der Waals surface area contributed by atoms with Gasteiger partial charge in [-0.3, -0.25) is 4.79 Å². The lowest BCUT2D eigenvalue weighted by Crippen LogP contribution is -2.49. The number of imidazole rings is 1. The number of rotatable bonds is 8. The van der Waals surface area contributed by atoms with E-state index in [-0.39, 0.29) is 30.0 Å². The number of nitrogens with two attached hydrogens (primary N) is 1. The third-order valence-corrected chi connectivity index (χ3v) is 8.88. The Labute approximate surface area is 232 Å². The number of piperidine rings is 1. The number of methoxy groups -OCH3 is 1. The van der Waals surface area contributed by atoms with E-state index >= 15 is 0 Å². The molecule has 10 heteroatoms. The summed E-state index contributed by atoms with van der Waals surface area (Å²) >= 11 is 0. The molecule has 0 spiro atoms. The fourth-order valence-electron chi connectivity index (χ4n) is 6.74. The first-order valence-corrected chi connectivity index (χ1v) is 14.0. The number of nitrogens with zero attached hydrogens (tertiary/aromatic N) is 6. The number of amides is 1. The third-order valence-electron chi connectivity index (χ3n) is 8.88. The molecule has 3 aliphatic rings. The van der Waals surface area contributed by atoms with Crippen LogP contribution in [0, 0.1) is 23.2 Å². The molecule has 3 fully saturated rings. The second-order valence-corrected chi connectivity index (χ2v) is 11.4. The average molecular weight is 540 g/mol. The first-order chi connectivity index (χ1) is 19.5. The Morgan fingerprint density at radius 1 is 1.27 bits per heavy atom. The van der Waals surface area contributed by atoms with Crippen LogP contribution in [0.4, 0.5) is 0 Å². The lowest BCUT2D eigenvalue weighted by atomic mass is 10.1. The van der Waals surface area contributed by atoms with Crippen molar-refractivity contribution in [3.05, 3.63) is 42.1 Å². The molecule has 0 radical (unpaired) electrons. The van der Waals surface area contributed by atoms with Crippen LogP contribution in [0.5, 0.6) is 5.75 Å². The van der Waals surface area contributed by atoms with E-state index in [1.807, 2.05) is 34.8 Å². The summed E-state index contributed by atoms with van der Waals surface area (Å²) in [6.07, 6.45) is 5.29. The molecule has 1 aromatic carbocycles. The molecule has 2 N–H and O–H groups in total. The van der Waals surface area contributed by atoms with Crippen molar-refractivity contribution in [1.29, 1.82) is 5.26 Å². The molecule has 2 saturated carbocycles. The van der Waals surface area contributed by atoms with Gasteiger partial charge in [0.15, 0.2) is 5.82 Å². The molecule has 2 unspecified atom stereocenters. The molecule has 2 aliphatic carbocycles. The molecule has 10 nitrogen and oxygen atoms in total. The molecular weight excluding hydrogens is 506 g/mol. The second kappa shape index (κ2) is 9.61. The number of carbonyl (C=O) groups excluding carboxylic acids is 1. The van der Waals surface area contributed by atoms with Crippen molar-refractivity contribution in [1.82, 2.24) is 24.0 Å². The molecule has 1 amide bonds. The summed E-state index contributed by atoms with van der Waals surface area (Å²) in [6, 6.07) is 11.6. The van der Waals surface area contributed by atoms with Gasteiger partial charge >= 0.3 is 0 Å². The van der Waals surface area contributed by atoms with E-state index in [9.17, 15) is 4.79 Å². The molecule has 3 aromatic heterocycles. The predicted molar refractivity (Wildman–Crippen MR) is 150 cm³/mol. The highest BCUT2D eigenvalue weighted by Gasteiger charge is 2.53. The van der Waals surface area contributed by atoms with E-state index in [0.717, 1.165) is 41.0 Å². The minimum absolute atomic E-state index is 0.101. The van der Waals surface area contributed by atoms with Crippen LogP contribution >= 0.6 is 0 Å². The fourth-order valence-corrected chi connectivity index (χ4v) is 6.74. The Hall–Kier alpha value is -3.94. The number of fused-ring (bicyclic) bond motifs is 4. The van der Waals surface area contributed by atoms with Crippen molar-refractivity contribution in [3.8, 4) is 23.3 Å². The van der Waals surface area contributed by atoms with E-state index in [0.29, 0.717) is 42.3 Å². The number of ether oxygens (including phenoxy) is 2. The van der Waals surface area contributed by atoms with Gasteiger partial charge in [0.05, 0.1) is 49.6 Å². The smallest absolute Gasteiger partial charge is 0.254 e. The Kier molecular flexibility index (Phi) is 6.02. The van der Waals surface area contributed by atoms with Gasteiger partial charge in [-0.1, -0.05) is 0 Å². The number of hydrogen-bond acceptors (Lipinski definition) is 7. The number of likely N-dealkylation sites (tertiary alicyclic amines) is 1. The summed E-state index contributed by atoms with van der Waals surface area (Å²) in [5.74, 6) is 2.16. The van der Waals surface area contributed by atoms with Crippen LogP contribution in [0.25, 0.3) is 33.6 Å². The summed E-state index contributed by atoms with van der Waals surface area (Å²) in [5.41, 5.74) is 10.5. The maximum Gasteiger partial charge on any atom is 0.254 e. The number of hydrogen-bond donors (Lipinski definition) is 1. The lowest BCUT2D eigenvalue weighted by Gasteiger charge is -2.33. The predicted octanol–water partition coefficient (Wildman–Crippen LogP) is 3.48. The first-order valence-electron chi connectivity index (χ1n) is 14.0. The SMILES string of the molecule is COc1cc(C(=O)N2C[C@H]3C[C@H](OCCC#N)C2C3N)cc2nc(-c3cc4cccnc4n3CC3CC3)n(C)c12. The molecule has 40 heavy (non-hydrogen) atoms. The van der Waals surface area contributed by atoms with Gasteiger partial charge in [0, 0.05) is 43.3 Å². The van der Waals surface area contributed by atoms with E-state index in [1.54, 1.807) is 13.2 Å². The highest BCUT2D eigenvalue weighted by molar-refractivity contribution is 6.00. The van der Waals surface area contributed by atoms with Gasteiger partial charge in [-0.15, -0.1) is 0 Å². The number of benzene rings is 1. The van der Waals surface area contributed by atoms with E-state index in [1.165, 1.54) is 12.8 Å². The Balaban J connectivity index is 1.27. The average Bonchev–Trinajstić information content (AvgIpc) is 3.40. The second-order valence-electron chi connectivity index (χ2n) is 11.4. The van der Waals surface area contributed by atoms with Crippen LogP contribution in [-0.4, -0.2) is 68.4 Å². The van der Waals surface area contributed by atoms with Crippen LogP contribution in [-0.2, 0) is 18.3 Å². The minimum atomic E-state index is -0.206. The van der Waals surface area contributed by atoms with E-state index in [4.69, 9.17) is 25.5 Å². The maximum absolute atomic E-state index is 13.9. The van der Waals surface area contributed by atoms with Crippen LogP contribution in [0.3, 0.4) is 0 Å². The Bertz CT molecular complexity index is 1660. The largest absolute Gasteiger partial charge is 0.494 e.